The number of sulfonamides is 1. The van der Waals surface area contributed by atoms with E-state index in [4.69, 9.17) is 0 Å². The van der Waals surface area contributed by atoms with Crippen molar-refractivity contribution in [3.63, 3.8) is 0 Å². The zero-order valence-corrected chi connectivity index (χ0v) is 13.3. The van der Waals surface area contributed by atoms with Gasteiger partial charge in [0.1, 0.15) is 0 Å². The second kappa shape index (κ2) is 4.55. The van der Waals surface area contributed by atoms with E-state index >= 15 is 0 Å². The van der Waals surface area contributed by atoms with E-state index in [1.165, 1.54) is 6.92 Å². The Hall–Kier alpha value is -1.40. The third kappa shape index (κ3) is 2.58. The van der Waals surface area contributed by atoms with Gasteiger partial charge in [-0.25, -0.2) is 13.1 Å². The van der Waals surface area contributed by atoms with E-state index in [0.29, 0.717) is 6.42 Å². The van der Waals surface area contributed by atoms with Gasteiger partial charge in [-0.2, -0.15) is 0 Å². The summed E-state index contributed by atoms with van der Waals surface area (Å²) in [5, 5.41) is 0. The van der Waals surface area contributed by atoms with Gasteiger partial charge in [-0.3, -0.25) is 4.79 Å². The summed E-state index contributed by atoms with van der Waals surface area (Å²) in [7, 11) is -3.49. The molecule has 1 unspecified atom stereocenters. The summed E-state index contributed by atoms with van der Waals surface area (Å²) in [4.78, 5) is 13.7. The topological polar surface area (TPSA) is 66.5 Å². The highest BCUT2D eigenvalue weighted by Gasteiger charge is 2.41. The molecule has 21 heavy (non-hydrogen) atoms. The van der Waals surface area contributed by atoms with Crippen molar-refractivity contribution in [2.45, 2.75) is 56.5 Å². The molecule has 1 aromatic carbocycles. The van der Waals surface area contributed by atoms with Crippen molar-refractivity contribution in [3.05, 3.63) is 23.8 Å². The second-order valence-corrected chi connectivity index (χ2v) is 8.08. The van der Waals surface area contributed by atoms with Gasteiger partial charge in [0.05, 0.1) is 4.90 Å². The van der Waals surface area contributed by atoms with Gasteiger partial charge < -0.3 is 4.90 Å². The Morgan fingerprint density at radius 1 is 1.38 bits per heavy atom. The van der Waals surface area contributed by atoms with E-state index in [1.807, 2.05) is 13.8 Å². The van der Waals surface area contributed by atoms with Crippen LogP contribution < -0.4 is 9.62 Å². The minimum Gasteiger partial charge on any atom is -0.309 e. The normalized spacial score (nSPS) is 23.0. The molecular formula is C15H20N2O3S. The van der Waals surface area contributed by atoms with Crippen molar-refractivity contribution < 1.29 is 13.2 Å². The molecule has 114 valence electrons. The van der Waals surface area contributed by atoms with Crippen LogP contribution >= 0.6 is 0 Å². The largest absolute Gasteiger partial charge is 0.309 e. The first-order chi connectivity index (χ1) is 9.72. The van der Waals surface area contributed by atoms with Gasteiger partial charge in [-0.1, -0.05) is 0 Å². The number of amides is 1. The quantitative estimate of drug-likeness (QED) is 0.926. The van der Waals surface area contributed by atoms with Crippen molar-refractivity contribution in [2.75, 3.05) is 4.90 Å². The lowest BCUT2D eigenvalue weighted by Crippen LogP contribution is -2.34. The Balaban J connectivity index is 1.94. The molecule has 0 saturated heterocycles. The molecule has 0 bridgehead atoms. The number of benzene rings is 1. The standard InChI is InChI=1S/C15H20N2O3S/c1-10-8-12-9-13(4-5-14(12)17(10)11(2)18)21(19,20)16-15(3)6-7-15/h4-5,9-10,16H,6-8H2,1-3H3. The Morgan fingerprint density at radius 2 is 2.05 bits per heavy atom. The summed E-state index contributed by atoms with van der Waals surface area (Å²) in [6.07, 6.45) is 2.45. The number of rotatable bonds is 3. The number of anilines is 1. The van der Waals surface area contributed by atoms with Crippen LogP contribution in [0.4, 0.5) is 5.69 Å². The molecule has 1 aromatic rings. The maximum atomic E-state index is 12.4. The molecule has 1 heterocycles. The Kier molecular flexibility index (Phi) is 3.15. The predicted molar refractivity (Wildman–Crippen MR) is 80.7 cm³/mol. The maximum absolute atomic E-state index is 12.4. The molecule has 1 N–H and O–H groups in total. The summed E-state index contributed by atoms with van der Waals surface area (Å²) in [6, 6.07) is 5.10. The first kappa shape index (κ1) is 14.5. The highest BCUT2D eigenvalue weighted by Crippen LogP contribution is 2.37. The monoisotopic (exact) mass is 308 g/mol. The van der Waals surface area contributed by atoms with Gasteiger partial charge in [0, 0.05) is 24.2 Å². The average Bonchev–Trinajstić information content (AvgIpc) is 2.97. The van der Waals surface area contributed by atoms with Gasteiger partial charge >= 0.3 is 0 Å². The molecule has 1 fully saturated rings. The smallest absolute Gasteiger partial charge is 0.241 e. The molecule has 5 nitrogen and oxygen atoms in total. The van der Waals surface area contributed by atoms with Gasteiger partial charge in [-0.05, 0) is 56.9 Å². The molecule has 1 atom stereocenters. The van der Waals surface area contributed by atoms with Crippen LogP contribution in [0.25, 0.3) is 0 Å². The van der Waals surface area contributed by atoms with E-state index in [0.717, 1.165) is 24.1 Å². The van der Waals surface area contributed by atoms with Crippen LogP contribution in [0.5, 0.6) is 0 Å². The average molecular weight is 308 g/mol. The van der Waals surface area contributed by atoms with E-state index in [2.05, 4.69) is 4.72 Å². The second-order valence-electron chi connectivity index (χ2n) is 6.40. The summed E-state index contributed by atoms with van der Waals surface area (Å²) in [5.74, 6) is -0.0135. The number of carbonyl (C=O) groups is 1. The summed E-state index contributed by atoms with van der Waals surface area (Å²) < 4.78 is 27.5. The lowest BCUT2D eigenvalue weighted by atomic mass is 10.1. The van der Waals surface area contributed by atoms with Crippen LogP contribution in [-0.4, -0.2) is 25.9 Å². The number of fused-ring (bicyclic) bond motifs is 1. The van der Waals surface area contributed by atoms with Crippen LogP contribution in [0.3, 0.4) is 0 Å². The number of hydrogen-bond donors (Lipinski definition) is 1. The number of hydrogen-bond acceptors (Lipinski definition) is 3. The minimum absolute atomic E-state index is 0.0135. The zero-order chi connectivity index (χ0) is 15.4. The lowest BCUT2D eigenvalue weighted by Gasteiger charge is -2.20. The van der Waals surface area contributed by atoms with Crippen molar-refractivity contribution in [3.8, 4) is 0 Å². The molecule has 0 radical (unpaired) electrons. The van der Waals surface area contributed by atoms with Gasteiger partial charge in [-0.15, -0.1) is 0 Å². The molecule has 0 spiro atoms. The highest BCUT2D eigenvalue weighted by molar-refractivity contribution is 7.89. The minimum atomic E-state index is -3.49. The first-order valence-electron chi connectivity index (χ1n) is 7.19. The first-order valence-corrected chi connectivity index (χ1v) is 8.67. The molecule has 0 aromatic heterocycles. The van der Waals surface area contributed by atoms with Crippen LogP contribution in [-0.2, 0) is 21.2 Å². The lowest BCUT2D eigenvalue weighted by molar-refractivity contribution is -0.116. The zero-order valence-electron chi connectivity index (χ0n) is 12.5. The highest BCUT2D eigenvalue weighted by atomic mass is 32.2. The van der Waals surface area contributed by atoms with Crippen molar-refractivity contribution in [1.29, 1.82) is 0 Å². The van der Waals surface area contributed by atoms with Gasteiger partial charge in [0.2, 0.25) is 15.9 Å². The molecule has 1 aliphatic carbocycles. The number of nitrogens with one attached hydrogen (secondary N) is 1. The summed E-state index contributed by atoms with van der Waals surface area (Å²) in [6.45, 7) is 5.42. The van der Waals surface area contributed by atoms with E-state index in [9.17, 15) is 13.2 Å². The van der Waals surface area contributed by atoms with Crippen LogP contribution in [0.1, 0.15) is 39.2 Å². The fourth-order valence-electron chi connectivity index (χ4n) is 2.93. The summed E-state index contributed by atoms with van der Waals surface area (Å²) in [5.41, 5.74) is 1.46. The van der Waals surface area contributed by atoms with Crippen LogP contribution in [0.2, 0.25) is 0 Å². The van der Waals surface area contributed by atoms with E-state index in [-0.39, 0.29) is 22.4 Å². The third-order valence-electron chi connectivity index (χ3n) is 4.30. The number of carbonyl (C=O) groups excluding carboxylic acids is 1. The molecule has 2 aliphatic rings. The Labute approximate surface area is 125 Å². The SMILES string of the molecule is CC(=O)N1c2ccc(S(=O)(=O)NC3(C)CC3)cc2CC1C. The summed E-state index contributed by atoms with van der Waals surface area (Å²) >= 11 is 0. The van der Waals surface area contributed by atoms with Crippen molar-refractivity contribution in [2.24, 2.45) is 0 Å². The van der Waals surface area contributed by atoms with Crippen LogP contribution in [0.15, 0.2) is 23.1 Å². The third-order valence-corrected chi connectivity index (χ3v) is 5.93. The van der Waals surface area contributed by atoms with Crippen molar-refractivity contribution in [1.82, 2.24) is 4.72 Å². The molecule has 1 saturated carbocycles. The maximum Gasteiger partial charge on any atom is 0.241 e. The molecule has 1 aliphatic heterocycles. The van der Waals surface area contributed by atoms with Crippen LogP contribution in [0, 0.1) is 0 Å². The van der Waals surface area contributed by atoms with E-state index < -0.39 is 10.0 Å². The van der Waals surface area contributed by atoms with Gasteiger partial charge in [0.15, 0.2) is 0 Å². The fourth-order valence-corrected chi connectivity index (χ4v) is 4.44. The van der Waals surface area contributed by atoms with Gasteiger partial charge in [0.25, 0.3) is 0 Å². The predicted octanol–water partition coefficient (Wildman–Crippen LogP) is 1.81. The Bertz CT molecular complexity index is 708. The molecule has 1 amide bonds. The molecular weight excluding hydrogens is 288 g/mol. The molecule has 6 heteroatoms. The van der Waals surface area contributed by atoms with E-state index in [1.54, 1.807) is 23.1 Å². The molecule has 3 rings (SSSR count). The number of nitrogens with zero attached hydrogens (tertiary/aromatic N) is 1. The van der Waals surface area contributed by atoms with Crippen molar-refractivity contribution >= 4 is 21.6 Å². The fraction of sp³-hybridized carbons (Fsp3) is 0.533. The Morgan fingerprint density at radius 3 is 2.62 bits per heavy atom.